The molecule has 0 aliphatic heterocycles. The maximum Gasteiger partial charge on any atom is 0.167 e. The van der Waals surface area contributed by atoms with Crippen molar-refractivity contribution in [1.82, 2.24) is 15.0 Å². The summed E-state index contributed by atoms with van der Waals surface area (Å²) in [7, 11) is 0. The molecule has 5 nitrogen and oxygen atoms in total. The Kier molecular flexibility index (Phi) is 6.05. The Morgan fingerprint density at radius 3 is 1.88 bits per heavy atom. The summed E-state index contributed by atoms with van der Waals surface area (Å²) in [5.41, 5.74) is 7.99. The van der Waals surface area contributed by atoms with E-state index in [0.29, 0.717) is 17.5 Å². The van der Waals surface area contributed by atoms with Gasteiger partial charge in [-0.15, -0.1) is 11.3 Å². The lowest BCUT2D eigenvalue weighted by molar-refractivity contribution is 0.669. The van der Waals surface area contributed by atoms with Crippen molar-refractivity contribution in [3.05, 3.63) is 152 Å². The first-order valence-electron chi connectivity index (χ1n) is 16.9. The number of benzene rings is 7. The van der Waals surface area contributed by atoms with Crippen molar-refractivity contribution in [1.29, 1.82) is 0 Å². The minimum absolute atomic E-state index is 0.556. The highest BCUT2D eigenvalue weighted by atomic mass is 32.1. The fourth-order valence-electron chi connectivity index (χ4n) is 7.41. The third-order valence-corrected chi connectivity index (χ3v) is 10.9. The van der Waals surface area contributed by atoms with E-state index in [4.69, 9.17) is 23.8 Å². The molecule has 0 saturated carbocycles. The maximum absolute atomic E-state index is 6.72. The SMILES string of the molecule is c1ccc(-c2nc(-c3ccc4c(c3)sc3ccccc34)nc(-c3cccc4c3oc3cccc(-c5cccc6c5oc5ccccc56)c34)n2)cc1. The summed E-state index contributed by atoms with van der Waals surface area (Å²) in [4.78, 5) is 15.2. The predicted molar refractivity (Wildman–Crippen MR) is 209 cm³/mol. The molecular formula is C45H25N3O2S. The highest BCUT2D eigenvalue weighted by molar-refractivity contribution is 7.25. The summed E-state index contributed by atoms with van der Waals surface area (Å²) in [6, 6.07) is 52.0. The molecule has 0 radical (unpaired) electrons. The molecule has 51 heavy (non-hydrogen) atoms. The van der Waals surface area contributed by atoms with E-state index in [1.54, 1.807) is 11.3 Å². The van der Waals surface area contributed by atoms with Crippen molar-refractivity contribution in [3.63, 3.8) is 0 Å². The van der Waals surface area contributed by atoms with E-state index in [9.17, 15) is 0 Å². The standard InChI is InChI=1S/C45H25N3O2S/c1-2-11-26(12-3-1)43-46-44(27-23-24-30-29-14-5-7-22-38(29)51-39(30)25-27)48-45(47-43)35-19-9-18-34-40-31(15-10-21-37(40)50-42(34)35)33-17-8-16-32-28-13-4-6-20-36(28)49-41(32)33/h1-25H. The summed E-state index contributed by atoms with van der Waals surface area (Å²) in [5, 5.41) is 6.70. The number of para-hydroxylation sites is 3. The van der Waals surface area contributed by atoms with Gasteiger partial charge in [-0.3, -0.25) is 0 Å². The fraction of sp³-hybridized carbons (Fsp3) is 0. The van der Waals surface area contributed by atoms with Crippen molar-refractivity contribution >= 4 is 75.4 Å². The second-order valence-electron chi connectivity index (χ2n) is 12.7. The molecule has 0 bridgehead atoms. The van der Waals surface area contributed by atoms with Gasteiger partial charge in [-0.25, -0.2) is 15.0 Å². The molecular weight excluding hydrogens is 647 g/mol. The maximum atomic E-state index is 6.72. The van der Waals surface area contributed by atoms with E-state index >= 15 is 0 Å². The number of hydrogen-bond donors (Lipinski definition) is 0. The Labute approximate surface area is 295 Å². The Morgan fingerprint density at radius 2 is 0.980 bits per heavy atom. The molecule has 0 fully saturated rings. The van der Waals surface area contributed by atoms with Crippen LogP contribution in [-0.2, 0) is 0 Å². The third-order valence-electron chi connectivity index (χ3n) is 9.76. The number of hydrogen-bond acceptors (Lipinski definition) is 6. The lowest BCUT2D eigenvalue weighted by atomic mass is 9.97. The van der Waals surface area contributed by atoms with Crippen molar-refractivity contribution in [2.75, 3.05) is 0 Å². The average Bonchev–Trinajstić information content (AvgIpc) is 3.89. The highest BCUT2D eigenvalue weighted by Crippen LogP contribution is 2.44. The summed E-state index contributed by atoms with van der Waals surface area (Å²) < 4.78 is 15.7. The van der Waals surface area contributed by atoms with Crippen molar-refractivity contribution < 1.29 is 8.83 Å². The minimum atomic E-state index is 0.556. The smallest absolute Gasteiger partial charge is 0.167 e. The Balaban J connectivity index is 1.13. The second kappa shape index (κ2) is 10.9. The van der Waals surface area contributed by atoms with Crippen LogP contribution in [0.3, 0.4) is 0 Å². The Morgan fingerprint density at radius 1 is 0.373 bits per heavy atom. The number of thiophene rings is 1. The van der Waals surface area contributed by atoms with Gasteiger partial charge in [-0.2, -0.15) is 0 Å². The third kappa shape index (κ3) is 4.37. The molecule has 4 aromatic heterocycles. The summed E-state index contributed by atoms with van der Waals surface area (Å²) in [6.45, 7) is 0. The van der Waals surface area contributed by atoms with Gasteiger partial charge in [0.2, 0.25) is 0 Å². The molecule has 0 aliphatic rings. The van der Waals surface area contributed by atoms with E-state index in [-0.39, 0.29) is 0 Å². The fourth-order valence-corrected chi connectivity index (χ4v) is 8.56. The van der Waals surface area contributed by atoms with Crippen LogP contribution in [0, 0.1) is 0 Å². The zero-order valence-corrected chi connectivity index (χ0v) is 27.8. The van der Waals surface area contributed by atoms with Gasteiger partial charge in [-0.05, 0) is 35.9 Å². The topological polar surface area (TPSA) is 65.0 Å². The number of furan rings is 2. The van der Waals surface area contributed by atoms with Gasteiger partial charge in [-0.1, -0.05) is 121 Å². The molecule has 238 valence electrons. The first-order valence-corrected chi connectivity index (χ1v) is 17.7. The molecule has 6 heteroatoms. The Hall–Kier alpha value is -6.63. The lowest BCUT2D eigenvalue weighted by Crippen LogP contribution is -2.00. The molecule has 0 spiro atoms. The first-order chi connectivity index (χ1) is 25.3. The zero-order valence-electron chi connectivity index (χ0n) is 27.0. The molecule has 7 aromatic carbocycles. The van der Waals surface area contributed by atoms with Crippen LogP contribution in [-0.4, -0.2) is 15.0 Å². The van der Waals surface area contributed by atoms with Crippen LogP contribution in [0.25, 0.3) is 109 Å². The molecule has 0 aliphatic carbocycles. The van der Waals surface area contributed by atoms with Crippen molar-refractivity contribution in [2.24, 2.45) is 0 Å². The van der Waals surface area contributed by atoms with E-state index in [0.717, 1.165) is 71.7 Å². The molecule has 0 saturated heterocycles. The van der Waals surface area contributed by atoms with Crippen LogP contribution in [0.15, 0.2) is 160 Å². The number of aromatic nitrogens is 3. The molecule has 11 aromatic rings. The number of fused-ring (bicyclic) bond motifs is 9. The van der Waals surface area contributed by atoms with Crippen LogP contribution < -0.4 is 0 Å². The normalized spacial score (nSPS) is 11.9. The molecule has 0 N–H and O–H groups in total. The number of rotatable bonds is 4. The summed E-state index contributed by atoms with van der Waals surface area (Å²) in [5.74, 6) is 1.78. The average molecular weight is 672 g/mol. The molecule has 0 amide bonds. The highest BCUT2D eigenvalue weighted by Gasteiger charge is 2.21. The first kappa shape index (κ1) is 28.2. The van der Waals surface area contributed by atoms with Crippen LogP contribution in [0.4, 0.5) is 0 Å². The van der Waals surface area contributed by atoms with Gasteiger partial charge in [0.25, 0.3) is 0 Å². The monoisotopic (exact) mass is 671 g/mol. The van der Waals surface area contributed by atoms with E-state index in [1.807, 2.05) is 66.7 Å². The van der Waals surface area contributed by atoms with Crippen LogP contribution >= 0.6 is 11.3 Å². The summed E-state index contributed by atoms with van der Waals surface area (Å²) in [6.07, 6.45) is 0. The van der Waals surface area contributed by atoms with Gasteiger partial charge in [0.15, 0.2) is 17.5 Å². The minimum Gasteiger partial charge on any atom is -0.455 e. The van der Waals surface area contributed by atoms with Gasteiger partial charge in [0.1, 0.15) is 22.3 Å². The van der Waals surface area contributed by atoms with Gasteiger partial charge in [0, 0.05) is 58.4 Å². The zero-order chi connectivity index (χ0) is 33.5. The van der Waals surface area contributed by atoms with E-state index in [2.05, 4.69) is 84.9 Å². The van der Waals surface area contributed by atoms with Crippen molar-refractivity contribution in [3.8, 4) is 45.3 Å². The van der Waals surface area contributed by atoms with Crippen LogP contribution in [0.2, 0.25) is 0 Å². The van der Waals surface area contributed by atoms with Gasteiger partial charge >= 0.3 is 0 Å². The predicted octanol–water partition coefficient (Wildman–Crippen LogP) is 12.7. The van der Waals surface area contributed by atoms with Crippen LogP contribution in [0.1, 0.15) is 0 Å². The van der Waals surface area contributed by atoms with E-state index in [1.165, 1.54) is 20.2 Å². The van der Waals surface area contributed by atoms with Gasteiger partial charge < -0.3 is 8.83 Å². The Bertz CT molecular complexity index is 3160. The quantitative estimate of drug-likeness (QED) is 0.186. The van der Waals surface area contributed by atoms with Crippen molar-refractivity contribution in [2.45, 2.75) is 0 Å². The second-order valence-corrected chi connectivity index (χ2v) is 13.8. The van der Waals surface area contributed by atoms with E-state index < -0.39 is 0 Å². The summed E-state index contributed by atoms with van der Waals surface area (Å²) >= 11 is 1.78. The molecule has 0 atom stereocenters. The largest absolute Gasteiger partial charge is 0.455 e. The van der Waals surface area contributed by atoms with Gasteiger partial charge in [0.05, 0.1) is 5.56 Å². The molecule has 4 heterocycles. The number of nitrogens with zero attached hydrogens (tertiary/aromatic N) is 3. The molecule has 0 unspecified atom stereocenters. The molecule has 11 rings (SSSR count). The van der Waals surface area contributed by atoms with Crippen LogP contribution in [0.5, 0.6) is 0 Å². The lowest BCUT2D eigenvalue weighted by Gasteiger charge is -2.09.